The van der Waals surface area contributed by atoms with Crippen LogP contribution in [-0.4, -0.2) is 42.1 Å². The number of H-pyrrole nitrogens is 1. The molecule has 3 saturated carbocycles. The van der Waals surface area contributed by atoms with Crippen molar-refractivity contribution in [2.45, 2.75) is 38.5 Å². The quantitative estimate of drug-likeness (QED) is 0.502. The number of aromatic amines is 1. The van der Waals surface area contributed by atoms with Crippen molar-refractivity contribution in [1.29, 1.82) is 0 Å². The van der Waals surface area contributed by atoms with Gasteiger partial charge in [-0.15, -0.1) is 0 Å². The fourth-order valence-electron chi connectivity index (χ4n) is 7.04. The van der Waals surface area contributed by atoms with E-state index in [1.54, 1.807) is 33.7 Å². The number of nitrogens with one attached hydrogen (secondary N) is 1. The molecule has 3 aliphatic rings. The number of carbonyl (C=O) groups is 1. The molecule has 5 atom stereocenters. The smallest absolute Gasteiger partial charge is 0.203 e. The first-order valence-electron chi connectivity index (χ1n) is 12.3. The lowest BCUT2D eigenvalue weighted by Crippen LogP contribution is -2.22. The Kier molecular flexibility index (Phi) is 5.23. The van der Waals surface area contributed by atoms with Crippen LogP contribution in [0.25, 0.3) is 22.4 Å². The number of rotatable bonds is 6. The van der Waals surface area contributed by atoms with Crippen molar-refractivity contribution >= 4 is 16.9 Å². The number of methoxy groups -OCH3 is 3. The second-order valence-electron chi connectivity index (χ2n) is 10.3. The third kappa shape index (κ3) is 3.44. The van der Waals surface area contributed by atoms with Crippen LogP contribution in [0.4, 0.5) is 0 Å². The Bertz CT molecular complexity index is 1220. The van der Waals surface area contributed by atoms with Crippen molar-refractivity contribution in [2.24, 2.45) is 29.6 Å². The number of Topliss-reactive ketones (excluding diaryl/α,β-unsaturated/α-hetero) is 1. The average Bonchev–Trinajstić information content (AvgIpc) is 3.37. The highest BCUT2D eigenvalue weighted by Crippen LogP contribution is 2.55. The van der Waals surface area contributed by atoms with Crippen LogP contribution in [-0.2, 0) is 0 Å². The highest BCUT2D eigenvalue weighted by atomic mass is 16.5. The molecule has 7 heteroatoms. The molecule has 178 valence electrons. The van der Waals surface area contributed by atoms with E-state index in [2.05, 4.69) is 9.97 Å². The summed E-state index contributed by atoms with van der Waals surface area (Å²) in [5, 5.41) is 0. The summed E-state index contributed by atoms with van der Waals surface area (Å²) in [5.74, 6) is 5.11. The molecule has 0 aliphatic heterocycles. The number of carbonyl (C=O) groups excluding carboxylic acids is 1. The van der Waals surface area contributed by atoms with Gasteiger partial charge in [0.05, 0.1) is 38.8 Å². The number of nitrogens with zero attached hydrogens (tertiary/aromatic N) is 2. The summed E-state index contributed by atoms with van der Waals surface area (Å²) < 4.78 is 16.4. The van der Waals surface area contributed by atoms with Gasteiger partial charge in [-0.05, 0) is 74.3 Å². The van der Waals surface area contributed by atoms with Crippen molar-refractivity contribution in [1.82, 2.24) is 15.0 Å². The summed E-state index contributed by atoms with van der Waals surface area (Å²) in [7, 11) is 4.75. The summed E-state index contributed by atoms with van der Waals surface area (Å²) >= 11 is 0. The summed E-state index contributed by atoms with van der Waals surface area (Å²) in [6, 6.07) is 3.70. The maximum Gasteiger partial charge on any atom is 0.203 e. The zero-order valence-electron chi connectivity index (χ0n) is 20.0. The van der Waals surface area contributed by atoms with E-state index >= 15 is 0 Å². The predicted molar refractivity (Wildman–Crippen MR) is 128 cm³/mol. The van der Waals surface area contributed by atoms with Gasteiger partial charge in [-0.1, -0.05) is 0 Å². The largest absolute Gasteiger partial charge is 0.493 e. The van der Waals surface area contributed by atoms with E-state index in [0.29, 0.717) is 45.6 Å². The van der Waals surface area contributed by atoms with Gasteiger partial charge >= 0.3 is 0 Å². The minimum absolute atomic E-state index is 0.0877. The molecule has 7 nitrogen and oxygen atoms in total. The van der Waals surface area contributed by atoms with E-state index in [1.165, 1.54) is 25.7 Å². The molecule has 3 bridgehead atoms. The molecule has 0 amide bonds. The zero-order valence-corrected chi connectivity index (χ0v) is 20.0. The van der Waals surface area contributed by atoms with Gasteiger partial charge in [-0.2, -0.15) is 0 Å². The lowest BCUT2D eigenvalue weighted by Gasteiger charge is -2.28. The third-order valence-electron chi connectivity index (χ3n) is 8.42. The molecule has 2 aromatic heterocycles. The normalized spacial score (nSPS) is 27.6. The average molecular weight is 462 g/mol. The van der Waals surface area contributed by atoms with Crippen LogP contribution in [0.15, 0.2) is 24.5 Å². The summed E-state index contributed by atoms with van der Waals surface area (Å²) in [5.41, 5.74) is 3.37. The molecular weight excluding hydrogens is 430 g/mol. The number of benzene rings is 1. The van der Waals surface area contributed by atoms with Gasteiger partial charge in [-0.3, -0.25) is 4.79 Å². The van der Waals surface area contributed by atoms with E-state index in [1.807, 2.05) is 12.1 Å². The van der Waals surface area contributed by atoms with Crippen LogP contribution in [0.1, 0.15) is 48.9 Å². The molecule has 5 unspecified atom stereocenters. The molecule has 34 heavy (non-hydrogen) atoms. The predicted octanol–water partition coefficient (Wildman–Crippen LogP) is 5.30. The topological polar surface area (TPSA) is 86.3 Å². The number of ketones is 1. The Morgan fingerprint density at radius 2 is 1.59 bits per heavy atom. The second-order valence-corrected chi connectivity index (χ2v) is 10.3. The molecule has 3 aliphatic carbocycles. The minimum Gasteiger partial charge on any atom is -0.493 e. The molecule has 6 rings (SSSR count). The summed E-state index contributed by atoms with van der Waals surface area (Å²) in [4.78, 5) is 26.4. The Morgan fingerprint density at radius 3 is 2.26 bits per heavy atom. The van der Waals surface area contributed by atoms with E-state index < -0.39 is 0 Å². The molecule has 0 radical (unpaired) electrons. The van der Waals surface area contributed by atoms with E-state index in [0.717, 1.165) is 36.2 Å². The number of fused-ring (bicyclic) bond motifs is 3. The molecular formula is C27H31N3O4. The van der Waals surface area contributed by atoms with Gasteiger partial charge in [0, 0.05) is 17.7 Å². The van der Waals surface area contributed by atoms with Gasteiger partial charge in [0.25, 0.3) is 0 Å². The van der Waals surface area contributed by atoms with Crippen LogP contribution in [0.2, 0.25) is 0 Å². The van der Waals surface area contributed by atoms with Crippen LogP contribution >= 0.6 is 0 Å². The first-order chi connectivity index (χ1) is 16.6. The van der Waals surface area contributed by atoms with Crippen LogP contribution in [0, 0.1) is 29.6 Å². The second kappa shape index (κ2) is 8.29. The van der Waals surface area contributed by atoms with Gasteiger partial charge in [-0.25, -0.2) is 9.97 Å². The maximum atomic E-state index is 13.8. The van der Waals surface area contributed by atoms with E-state index in [4.69, 9.17) is 19.2 Å². The molecule has 3 fully saturated rings. The van der Waals surface area contributed by atoms with Gasteiger partial charge in [0.15, 0.2) is 22.9 Å². The van der Waals surface area contributed by atoms with E-state index in [-0.39, 0.29) is 11.7 Å². The highest BCUT2D eigenvalue weighted by molar-refractivity contribution is 6.07. The first kappa shape index (κ1) is 21.4. The van der Waals surface area contributed by atoms with Gasteiger partial charge < -0.3 is 19.2 Å². The molecule has 0 spiro atoms. The zero-order chi connectivity index (χ0) is 23.4. The van der Waals surface area contributed by atoms with Crippen molar-refractivity contribution < 1.29 is 19.0 Å². The molecule has 3 aromatic rings. The number of ether oxygens (including phenoxy) is 3. The lowest BCUT2D eigenvalue weighted by molar-refractivity contribution is 0.0876. The molecule has 2 heterocycles. The summed E-state index contributed by atoms with van der Waals surface area (Å²) in [6.45, 7) is 0. The number of hydrogen-bond acceptors (Lipinski definition) is 6. The standard InChI is InChI=1S/C27H31N3O4/c1-32-22-10-18(11-23(33-2)26(22)34-3)21-13-29-27-24(30-21)20(12-28-27)25(31)19-8-15-4-14-5-16(6-15)17(7-14)9-19/h10-17,19H,4-9H2,1-3H3,(H,28,29). The Morgan fingerprint density at radius 1 is 0.912 bits per heavy atom. The molecule has 1 N–H and O–H groups in total. The molecule has 0 saturated heterocycles. The first-order valence-corrected chi connectivity index (χ1v) is 12.3. The van der Waals surface area contributed by atoms with Gasteiger partial charge in [0.1, 0.15) is 5.52 Å². The minimum atomic E-state index is 0.0877. The highest BCUT2D eigenvalue weighted by Gasteiger charge is 2.46. The van der Waals surface area contributed by atoms with Crippen LogP contribution < -0.4 is 14.2 Å². The van der Waals surface area contributed by atoms with Crippen molar-refractivity contribution in [3.8, 4) is 28.5 Å². The Labute approximate surface area is 199 Å². The fraction of sp³-hybridized carbons (Fsp3) is 0.519. The molecule has 1 aromatic carbocycles. The Hall–Kier alpha value is -3.09. The Balaban J connectivity index is 1.36. The number of aromatic nitrogens is 3. The third-order valence-corrected chi connectivity index (χ3v) is 8.42. The van der Waals surface area contributed by atoms with Crippen molar-refractivity contribution in [3.63, 3.8) is 0 Å². The maximum absolute atomic E-state index is 13.8. The monoisotopic (exact) mass is 461 g/mol. The number of hydrogen-bond donors (Lipinski definition) is 1. The SMILES string of the molecule is COc1cc(-c2cnc3[nH]cc(C(=O)C4CC5CC6CC(C5)C(C6)C4)c3n2)cc(OC)c1OC. The van der Waals surface area contributed by atoms with Gasteiger partial charge in [0.2, 0.25) is 5.75 Å². The van der Waals surface area contributed by atoms with Crippen LogP contribution in [0.3, 0.4) is 0 Å². The van der Waals surface area contributed by atoms with Crippen molar-refractivity contribution in [3.05, 3.63) is 30.1 Å². The van der Waals surface area contributed by atoms with Crippen molar-refractivity contribution in [2.75, 3.05) is 21.3 Å². The fourth-order valence-corrected chi connectivity index (χ4v) is 7.04. The van der Waals surface area contributed by atoms with Crippen LogP contribution in [0.5, 0.6) is 17.2 Å². The van der Waals surface area contributed by atoms with E-state index in [9.17, 15) is 4.79 Å². The summed E-state index contributed by atoms with van der Waals surface area (Å²) in [6.07, 6.45) is 10.9. The lowest BCUT2D eigenvalue weighted by atomic mass is 9.77.